The van der Waals surface area contributed by atoms with Crippen molar-refractivity contribution in [3.05, 3.63) is 0 Å². The van der Waals surface area contributed by atoms with Gasteiger partial charge in [-0.3, -0.25) is 4.79 Å². The number of rotatable bonds is 16. The Morgan fingerprint density at radius 3 is 2.37 bits per heavy atom. The Balaban J connectivity index is 1.23. The van der Waals surface area contributed by atoms with E-state index in [2.05, 4.69) is 43.6 Å². The summed E-state index contributed by atoms with van der Waals surface area (Å²) in [6.45, 7) is 16.4. The molecule has 0 radical (unpaired) electrons. The Bertz CT molecular complexity index is 1230. The number of esters is 1. The highest BCUT2D eigenvalue weighted by atomic mass is 79.9. The summed E-state index contributed by atoms with van der Waals surface area (Å²) >= 11 is 3.46. The Hall–Kier alpha value is -0.410. The molecule has 0 aromatic heterocycles. The number of unbranched alkanes of at least 4 members (excludes halogenated alkanes) is 3. The van der Waals surface area contributed by atoms with Gasteiger partial charge in [0.1, 0.15) is 0 Å². The van der Waals surface area contributed by atoms with E-state index < -0.39 is 53.6 Å². The first-order valence-corrected chi connectivity index (χ1v) is 22.3. The number of carbonyl (C=O) groups is 1. The van der Waals surface area contributed by atoms with Crippen LogP contribution in [0, 0.1) is 35.5 Å². The van der Waals surface area contributed by atoms with Crippen molar-refractivity contribution >= 4 is 21.9 Å². The molecule has 5 heterocycles. The maximum absolute atomic E-state index is 13.1. The molecule has 0 bridgehead atoms. The summed E-state index contributed by atoms with van der Waals surface area (Å²) in [5.74, 6) is -3.49. The molecule has 5 aliphatic heterocycles. The Morgan fingerprint density at radius 2 is 1.70 bits per heavy atom. The summed E-state index contributed by atoms with van der Waals surface area (Å²) in [6.07, 6.45) is 7.42. The van der Waals surface area contributed by atoms with E-state index in [1.165, 1.54) is 0 Å². The summed E-state index contributed by atoms with van der Waals surface area (Å²) in [5, 5.41) is 33.5. The molecule has 314 valence electrons. The quantitative estimate of drug-likeness (QED) is 0.0871. The maximum atomic E-state index is 13.1. The first-order valence-electron chi connectivity index (χ1n) is 21.2. The molecular formula is C42H73BrO11. The average Bonchev–Trinajstić information content (AvgIpc) is 3.86. The highest BCUT2D eigenvalue weighted by molar-refractivity contribution is 9.09. The van der Waals surface area contributed by atoms with Crippen LogP contribution in [0.3, 0.4) is 0 Å². The van der Waals surface area contributed by atoms with E-state index in [0.29, 0.717) is 19.4 Å². The standard InChI is InChI=1S/C42H73BrO11/c1-10-40(37-26(3)22-32(50-37)34-25(2)21-27(4)42(47,24-44)53-34)16-15-33(51-40)39(8)17-18-41(54-39)23-31(45)28(5)36(52-41)29(6)35(48-9)30(7)38(46)49-20-14-12-11-13-19-43/h25-37,44-45,47H,10-24H2,1-9H3/t25-,26-,27+,28+,29-,30-,31-,32+,33+,34-,35+,36-,37+,39-,40-,41+,42-/m0/s1. The number of hydrogen-bond donors (Lipinski definition) is 3. The van der Waals surface area contributed by atoms with Gasteiger partial charge in [0.25, 0.3) is 0 Å². The maximum Gasteiger partial charge on any atom is 0.311 e. The van der Waals surface area contributed by atoms with E-state index in [4.69, 9.17) is 33.2 Å². The number of aliphatic hydroxyl groups is 3. The van der Waals surface area contributed by atoms with Gasteiger partial charge in [-0.25, -0.2) is 0 Å². The molecule has 0 amide bonds. The lowest BCUT2D eigenvalue weighted by atomic mass is 9.78. The highest BCUT2D eigenvalue weighted by Crippen LogP contribution is 2.55. The topological polar surface area (TPSA) is 142 Å². The molecule has 5 rings (SSSR count). The van der Waals surface area contributed by atoms with Gasteiger partial charge in [-0.15, -0.1) is 0 Å². The molecule has 3 N–H and O–H groups in total. The average molecular weight is 834 g/mol. The zero-order valence-electron chi connectivity index (χ0n) is 34.6. The van der Waals surface area contributed by atoms with E-state index in [-0.39, 0.29) is 60.0 Å². The summed E-state index contributed by atoms with van der Waals surface area (Å²) in [4.78, 5) is 13.1. The predicted molar refractivity (Wildman–Crippen MR) is 208 cm³/mol. The monoisotopic (exact) mass is 832 g/mol. The molecule has 0 unspecified atom stereocenters. The Labute approximate surface area is 333 Å². The SMILES string of the molecule is CC[C@@]1([C@@H]2O[C@@H]([C@H]3O[C@@](O)(CO)[C@H](C)C[C@@H]3C)C[C@@H]2C)CC[C@H]([C@]2(C)CC[C@]3(C[C@H](O)[C@@H](C)[C@@H]([C@@H](C)[C@@H](OC)[C@H](C)C(=O)OCCCCCCBr)O3)O2)O1. The molecule has 5 aliphatic rings. The van der Waals surface area contributed by atoms with Crippen LogP contribution >= 0.6 is 15.9 Å². The third-order valence-electron chi connectivity index (χ3n) is 14.3. The molecule has 11 nitrogen and oxygen atoms in total. The van der Waals surface area contributed by atoms with Crippen LogP contribution in [-0.4, -0.2) is 112 Å². The fourth-order valence-corrected chi connectivity index (χ4v) is 11.2. The van der Waals surface area contributed by atoms with Crippen molar-refractivity contribution in [1.82, 2.24) is 0 Å². The van der Waals surface area contributed by atoms with Crippen molar-refractivity contribution in [2.75, 3.05) is 25.7 Å². The molecular weight excluding hydrogens is 760 g/mol. The number of hydrogen-bond acceptors (Lipinski definition) is 11. The smallest absolute Gasteiger partial charge is 0.311 e. The van der Waals surface area contributed by atoms with Crippen molar-refractivity contribution in [1.29, 1.82) is 0 Å². The van der Waals surface area contributed by atoms with Crippen LogP contribution in [0.15, 0.2) is 0 Å². The minimum atomic E-state index is -1.56. The summed E-state index contributed by atoms with van der Waals surface area (Å²) in [7, 11) is 1.63. The molecule has 54 heavy (non-hydrogen) atoms. The van der Waals surface area contributed by atoms with Crippen LogP contribution in [0.2, 0.25) is 0 Å². The third kappa shape index (κ3) is 9.08. The molecule has 5 fully saturated rings. The summed E-state index contributed by atoms with van der Waals surface area (Å²) in [6, 6.07) is 0. The molecule has 17 atom stereocenters. The van der Waals surface area contributed by atoms with Gasteiger partial charge in [-0.1, -0.05) is 70.3 Å². The molecule has 1 spiro atoms. The molecule has 5 saturated heterocycles. The van der Waals surface area contributed by atoms with Crippen LogP contribution in [0.25, 0.3) is 0 Å². The van der Waals surface area contributed by atoms with Gasteiger partial charge >= 0.3 is 5.97 Å². The largest absolute Gasteiger partial charge is 0.465 e. The van der Waals surface area contributed by atoms with E-state index in [1.54, 1.807) is 7.11 Å². The number of ether oxygens (including phenoxy) is 7. The fraction of sp³-hybridized carbons (Fsp3) is 0.976. The van der Waals surface area contributed by atoms with Crippen LogP contribution < -0.4 is 0 Å². The van der Waals surface area contributed by atoms with Crippen molar-refractivity contribution in [3.63, 3.8) is 0 Å². The van der Waals surface area contributed by atoms with E-state index in [0.717, 1.165) is 69.5 Å². The highest BCUT2D eigenvalue weighted by Gasteiger charge is 2.62. The molecule has 0 saturated carbocycles. The zero-order chi connectivity index (χ0) is 39.6. The second-order valence-corrected chi connectivity index (χ2v) is 19.0. The van der Waals surface area contributed by atoms with Crippen molar-refractivity contribution < 1.29 is 53.3 Å². The lowest BCUT2D eigenvalue weighted by molar-refractivity contribution is -0.336. The van der Waals surface area contributed by atoms with Gasteiger partial charge in [0.05, 0.1) is 73.1 Å². The number of methoxy groups -OCH3 is 1. The zero-order valence-corrected chi connectivity index (χ0v) is 36.2. The lowest BCUT2D eigenvalue weighted by Gasteiger charge is -2.49. The van der Waals surface area contributed by atoms with Gasteiger partial charge in [0, 0.05) is 43.0 Å². The van der Waals surface area contributed by atoms with Crippen molar-refractivity contribution in [2.24, 2.45) is 35.5 Å². The molecule has 12 heteroatoms. The minimum Gasteiger partial charge on any atom is -0.465 e. The van der Waals surface area contributed by atoms with E-state index >= 15 is 0 Å². The van der Waals surface area contributed by atoms with Gasteiger partial charge in [0.15, 0.2) is 11.6 Å². The molecule has 0 aliphatic carbocycles. The lowest BCUT2D eigenvalue weighted by Crippen LogP contribution is -2.57. The Morgan fingerprint density at radius 1 is 0.981 bits per heavy atom. The van der Waals surface area contributed by atoms with Crippen LogP contribution in [-0.2, 0) is 38.0 Å². The van der Waals surface area contributed by atoms with Crippen molar-refractivity contribution in [2.45, 2.75) is 198 Å². The molecule has 0 aromatic carbocycles. The first kappa shape index (κ1) is 44.7. The second kappa shape index (κ2) is 18.2. The van der Waals surface area contributed by atoms with Crippen molar-refractivity contribution in [3.8, 4) is 0 Å². The minimum absolute atomic E-state index is 0.147. The van der Waals surface area contributed by atoms with E-state index in [9.17, 15) is 20.1 Å². The van der Waals surface area contributed by atoms with Gasteiger partial charge in [0.2, 0.25) is 0 Å². The van der Waals surface area contributed by atoms with Crippen LogP contribution in [0.1, 0.15) is 132 Å². The summed E-state index contributed by atoms with van der Waals surface area (Å²) < 4.78 is 45.8. The number of halogens is 1. The predicted octanol–water partition coefficient (Wildman–Crippen LogP) is 6.69. The fourth-order valence-electron chi connectivity index (χ4n) is 10.8. The Kier molecular flexibility index (Phi) is 15.1. The summed E-state index contributed by atoms with van der Waals surface area (Å²) in [5.41, 5.74) is -1.13. The second-order valence-electron chi connectivity index (χ2n) is 18.2. The number of aliphatic hydroxyl groups excluding tert-OH is 2. The molecule has 0 aromatic rings. The van der Waals surface area contributed by atoms with E-state index in [1.807, 2.05) is 27.7 Å². The number of alkyl halides is 1. The van der Waals surface area contributed by atoms with Crippen LogP contribution in [0.5, 0.6) is 0 Å². The third-order valence-corrected chi connectivity index (χ3v) is 14.9. The van der Waals surface area contributed by atoms with Gasteiger partial charge in [-0.2, -0.15) is 0 Å². The van der Waals surface area contributed by atoms with Gasteiger partial charge in [-0.05, 0) is 77.0 Å². The first-order chi connectivity index (χ1) is 25.5. The van der Waals surface area contributed by atoms with Gasteiger partial charge < -0.3 is 48.5 Å². The number of carbonyl (C=O) groups excluding carboxylic acids is 1. The van der Waals surface area contributed by atoms with Crippen LogP contribution in [0.4, 0.5) is 0 Å². The normalized spacial score (nSPS) is 45.8.